The van der Waals surface area contributed by atoms with Crippen molar-refractivity contribution >= 4 is 26.0 Å². The molecule has 1 aliphatic rings. The summed E-state index contributed by atoms with van der Waals surface area (Å²) < 4.78 is 37.5. The van der Waals surface area contributed by atoms with Crippen molar-refractivity contribution in [3.8, 4) is 0 Å². The topological polar surface area (TPSA) is 88.8 Å². The first-order valence-corrected chi connectivity index (χ1v) is 9.31. The molecule has 0 spiro atoms. The fraction of sp³-hybridized carbons (Fsp3) is 0.692. The zero-order valence-electron chi connectivity index (χ0n) is 11.7. The summed E-state index contributed by atoms with van der Waals surface area (Å²) in [5.74, 6) is 0.195. The second kappa shape index (κ2) is 7.73. The molecule has 8 heteroatoms. The predicted octanol–water partition coefficient (Wildman–Crippen LogP) is 2.16. The molecule has 2 N–H and O–H groups in total. The van der Waals surface area contributed by atoms with Gasteiger partial charge in [0.25, 0.3) is 0 Å². The van der Waals surface area contributed by atoms with Crippen LogP contribution in [0.5, 0.6) is 0 Å². The fourth-order valence-electron chi connectivity index (χ4n) is 2.37. The van der Waals surface area contributed by atoms with E-state index in [-0.39, 0.29) is 34.6 Å². The van der Waals surface area contributed by atoms with Crippen molar-refractivity contribution in [2.45, 2.75) is 49.7 Å². The van der Waals surface area contributed by atoms with Gasteiger partial charge in [-0.3, -0.25) is 0 Å². The third-order valence-corrected chi connectivity index (χ3v) is 5.77. The number of ether oxygens (including phenoxy) is 1. The van der Waals surface area contributed by atoms with Crippen LogP contribution in [0.1, 0.15) is 37.9 Å². The lowest BCUT2D eigenvalue weighted by molar-refractivity contribution is 0.0321. The minimum Gasteiger partial charge on any atom is -0.450 e. The first-order chi connectivity index (χ1) is 10.0. The Morgan fingerprint density at radius 3 is 2.71 bits per heavy atom. The van der Waals surface area contributed by atoms with E-state index in [1.54, 1.807) is 0 Å². The molecule has 21 heavy (non-hydrogen) atoms. The second-order valence-corrected chi connectivity index (χ2v) is 7.49. The van der Waals surface area contributed by atoms with Gasteiger partial charge in [0.05, 0.1) is 12.7 Å². The molecule has 0 atom stereocenters. The molecule has 1 aliphatic carbocycles. The van der Waals surface area contributed by atoms with Crippen LogP contribution in [0.3, 0.4) is 0 Å². The van der Waals surface area contributed by atoms with Crippen molar-refractivity contribution in [1.82, 2.24) is 4.72 Å². The Morgan fingerprint density at radius 2 is 2.10 bits per heavy atom. The van der Waals surface area contributed by atoms with Crippen LogP contribution in [0.2, 0.25) is 0 Å². The predicted molar refractivity (Wildman–Crippen MR) is 80.3 cm³/mol. The number of hydrogen-bond donors (Lipinski definition) is 2. The van der Waals surface area contributed by atoms with Gasteiger partial charge in [-0.25, -0.2) is 13.1 Å². The minimum absolute atomic E-state index is 0.00998. The van der Waals surface area contributed by atoms with E-state index < -0.39 is 10.0 Å². The summed E-state index contributed by atoms with van der Waals surface area (Å²) in [6, 6.07) is 1.30. The van der Waals surface area contributed by atoms with Crippen molar-refractivity contribution in [2.75, 3.05) is 13.2 Å². The largest absolute Gasteiger partial charge is 0.450 e. The highest BCUT2D eigenvalue weighted by Crippen LogP contribution is 2.26. The maximum Gasteiger partial charge on any atom is 0.245 e. The van der Waals surface area contributed by atoms with Gasteiger partial charge in [-0.05, 0) is 28.8 Å². The quantitative estimate of drug-likeness (QED) is 0.706. The summed E-state index contributed by atoms with van der Waals surface area (Å²) in [5, 5.41) is 8.95. The minimum atomic E-state index is -3.66. The Kier molecular flexibility index (Phi) is 6.24. The number of sulfonamides is 1. The lowest BCUT2D eigenvalue weighted by Gasteiger charge is -2.21. The molecule has 1 saturated carbocycles. The number of aliphatic hydroxyl groups is 1. The highest BCUT2D eigenvalue weighted by atomic mass is 79.9. The van der Waals surface area contributed by atoms with E-state index in [0.29, 0.717) is 6.61 Å². The molecule has 0 bridgehead atoms. The normalized spacial score (nSPS) is 17.2. The van der Waals surface area contributed by atoms with Crippen LogP contribution in [0.25, 0.3) is 0 Å². The van der Waals surface area contributed by atoms with Gasteiger partial charge in [0.2, 0.25) is 10.0 Å². The second-order valence-electron chi connectivity index (χ2n) is 5.04. The summed E-state index contributed by atoms with van der Waals surface area (Å²) in [4.78, 5) is -0.00998. The third-order valence-electron chi connectivity index (χ3n) is 3.45. The van der Waals surface area contributed by atoms with E-state index in [2.05, 4.69) is 20.7 Å². The Morgan fingerprint density at radius 1 is 1.38 bits per heavy atom. The van der Waals surface area contributed by atoms with Gasteiger partial charge < -0.3 is 14.3 Å². The number of nitrogens with one attached hydrogen (secondary N) is 1. The van der Waals surface area contributed by atoms with Gasteiger partial charge in [0, 0.05) is 12.6 Å². The van der Waals surface area contributed by atoms with Crippen LogP contribution < -0.4 is 4.72 Å². The molecule has 2 rings (SSSR count). The highest BCUT2D eigenvalue weighted by molar-refractivity contribution is 9.10. The Labute approximate surface area is 133 Å². The lowest BCUT2D eigenvalue weighted by Crippen LogP contribution is -2.29. The third kappa shape index (κ3) is 4.79. The van der Waals surface area contributed by atoms with E-state index in [0.717, 1.165) is 12.8 Å². The number of furan rings is 1. The molecule has 1 fully saturated rings. The van der Waals surface area contributed by atoms with Crippen LogP contribution in [0, 0.1) is 0 Å². The number of rotatable bonds is 7. The molecule has 0 aliphatic heterocycles. The summed E-state index contributed by atoms with van der Waals surface area (Å²) in [7, 11) is -3.66. The molecular formula is C13H20BrNO5S. The molecule has 1 heterocycles. The van der Waals surface area contributed by atoms with E-state index in [4.69, 9.17) is 14.3 Å². The van der Waals surface area contributed by atoms with Crippen LogP contribution in [0.4, 0.5) is 0 Å². The standard InChI is InChI=1S/C13H20BrNO5S/c14-13-12(8-11(9-16)20-13)21(17,18)15-6-7-19-10-4-2-1-3-5-10/h8,10,15-16H,1-7,9H2. The van der Waals surface area contributed by atoms with Crippen LogP contribution in [-0.4, -0.2) is 32.8 Å². The van der Waals surface area contributed by atoms with Gasteiger partial charge in [-0.1, -0.05) is 19.3 Å². The number of hydrogen-bond acceptors (Lipinski definition) is 5. The van der Waals surface area contributed by atoms with Gasteiger partial charge in [0.1, 0.15) is 17.3 Å². The van der Waals surface area contributed by atoms with Crippen LogP contribution in [0.15, 0.2) is 20.0 Å². The van der Waals surface area contributed by atoms with Crippen molar-refractivity contribution in [1.29, 1.82) is 0 Å². The van der Waals surface area contributed by atoms with Crippen LogP contribution >= 0.6 is 15.9 Å². The van der Waals surface area contributed by atoms with Gasteiger partial charge in [-0.2, -0.15) is 0 Å². The van der Waals surface area contributed by atoms with Gasteiger partial charge >= 0.3 is 0 Å². The molecule has 0 saturated heterocycles. The Hall–Kier alpha value is -0.410. The van der Waals surface area contributed by atoms with E-state index in [1.165, 1.54) is 25.3 Å². The maximum atomic E-state index is 12.1. The van der Waals surface area contributed by atoms with Gasteiger partial charge in [-0.15, -0.1) is 0 Å². The first kappa shape index (κ1) is 17.0. The molecule has 0 aromatic carbocycles. The fourth-order valence-corrected chi connectivity index (χ4v) is 4.38. The molecule has 0 unspecified atom stereocenters. The maximum absolute atomic E-state index is 12.1. The number of halogens is 1. The molecule has 0 amide bonds. The molecule has 1 aromatic rings. The SMILES string of the molecule is O=S(=O)(NCCOC1CCCCC1)c1cc(CO)oc1Br. The smallest absolute Gasteiger partial charge is 0.245 e. The molecule has 0 radical (unpaired) electrons. The van der Waals surface area contributed by atoms with E-state index in [1.807, 2.05) is 0 Å². The summed E-state index contributed by atoms with van der Waals surface area (Å²) >= 11 is 3.04. The zero-order chi connectivity index (χ0) is 15.3. The number of aliphatic hydroxyl groups excluding tert-OH is 1. The summed E-state index contributed by atoms with van der Waals surface area (Å²) in [5.41, 5.74) is 0. The van der Waals surface area contributed by atoms with E-state index in [9.17, 15) is 8.42 Å². The molecule has 6 nitrogen and oxygen atoms in total. The lowest BCUT2D eigenvalue weighted by atomic mass is 9.98. The molecular weight excluding hydrogens is 362 g/mol. The van der Waals surface area contributed by atoms with E-state index >= 15 is 0 Å². The summed E-state index contributed by atoms with van der Waals surface area (Å²) in [6.07, 6.45) is 5.99. The van der Waals surface area contributed by atoms with Crippen molar-refractivity contribution < 1.29 is 22.7 Å². The first-order valence-electron chi connectivity index (χ1n) is 7.03. The average molecular weight is 382 g/mol. The molecule has 120 valence electrons. The summed E-state index contributed by atoms with van der Waals surface area (Å²) in [6.45, 7) is 0.218. The zero-order valence-corrected chi connectivity index (χ0v) is 14.1. The Balaban J connectivity index is 1.82. The van der Waals surface area contributed by atoms with Crippen molar-refractivity contribution in [3.05, 3.63) is 16.5 Å². The van der Waals surface area contributed by atoms with Crippen molar-refractivity contribution in [2.24, 2.45) is 0 Å². The van der Waals surface area contributed by atoms with Crippen LogP contribution in [-0.2, 0) is 21.4 Å². The van der Waals surface area contributed by atoms with Crippen molar-refractivity contribution in [3.63, 3.8) is 0 Å². The Bertz CT molecular complexity index is 551. The average Bonchev–Trinajstić information content (AvgIpc) is 2.87. The van der Waals surface area contributed by atoms with Gasteiger partial charge in [0.15, 0.2) is 4.67 Å². The highest BCUT2D eigenvalue weighted by Gasteiger charge is 2.22. The monoisotopic (exact) mass is 381 g/mol. The molecule has 1 aromatic heterocycles.